The van der Waals surface area contributed by atoms with Gasteiger partial charge in [0.25, 0.3) is 0 Å². The third-order valence-electron chi connectivity index (χ3n) is 2.22. The van der Waals surface area contributed by atoms with Crippen LogP contribution in [0.5, 0.6) is 0 Å². The highest BCUT2D eigenvalue weighted by molar-refractivity contribution is 7.90. The van der Waals surface area contributed by atoms with Crippen LogP contribution in [0, 0.1) is 11.6 Å². The van der Waals surface area contributed by atoms with Gasteiger partial charge in [0.1, 0.15) is 22.1 Å². The molecular formula is C11H13F5N2OS. The van der Waals surface area contributed by atoms with E-state index in [1.54, 1.807) is 4.72 Å². The van der Waals surface area contributed by atoms with E-state index >= 15 is 0 Å². The van der Waals surface area contributed by atoms with E-state index in [1.165, 1.54) is 20.8 Å². The Bertz CT molecular complexity index is 475. The number of hydrogen-bond donors (Lipinski definition) is 1. The van der Waals surface area contributed by atoms with Crippen LogP contribution in [0.4, 0.5) is 22.0 Å². The summed E-state index contributed by atoms with van der Waals surface area (Å²) in [6.07, 6.45) is -4.45. The number of hydrogen-bond acceptors (Lipinski definition) is 3. The van der Waals surface area contributed by atoms with Crippen molar-refractivity contribution in [1.29, 1.82) is 0 Å². The third kappa shape index (κ3) is 4.29. The average molecular weight is 316 g/mol. The predicted molar refractivity (Wildman–Crippen MR) is 64.0 cm³/mol. The maximum Gasteiger partial charge on any atom is 0.413 e. The molecule has 0 amide bonds. The molecule has 1 aromatic heterocycles. The largest absolute Gasteiger partial charge is 0.598 e. The van der Waals surface area contributed by atoms with Gasteiger partial charge in [-0.15, -0.1) is 4.72 Å². The van der Waals surface area contributed by atoms with Crippen molar-refractivity contribution in [1.82, 2.24) is 9.71 Å². The molecule has 114 valence electrons. The van der Waals surface area contributed by atoms with Crippen molar-refractivity contribution in [2.45, 2.75) is 37.7 Å². The van der Waals surface area contributed by atoms with Gasteiger partial charge in [-0.3, -0.25) is 4.98 Å². The van der Waals surface area contributed by atoms with E-state index in [4.69, 9.17) is 0 Å². The molecule has 0 aliphatic rings. The lowest BCUT2D eigenvalue weighted by Crippen LogP contribution is -2.46. The van der Waals surface area contributed by atoms with Crippen molar-refractivity contribution in [3.05, 3.63) is 29.6 Å². The smallest absolute Gasteiger partial charge is 0.413 e. The zero-order valence-electron chi connectivity index (χ0n) is 10.9. The van der Waals surface area contributed by atoms with Gasteiger partial charge in [-0.25, -0.2) is 8.78 Å². The van der Waals surface area contributed by atoms with E-state index in [1.807, 2.05) is 0 Å². The molecular weight excluding hydrogens is 303 g/mol. The normalized spacial score (nSPS) is 16.1. The molecule has 0 fully saturated rings. The Hall–Kier alpha value is -0.930. The molecule has 3 nitrogen and oxygen atoms in total. The minimum Gasteiger partial charge on any atom is -0.598 e. The quantitative estimate of drug-likeness (QED) is 0.689. The van der Waals surface area contributed by atoms with Crippen molar-refractivity contribution in [2.24, 2.45) is 0 Å². The highest BCUT2D eigenvalue weighted by atomic mass is 32.2. The number of aromatic nitrogens is 1. The van der Waals surface area contributed by atoms with Gasteiger partial charge in [0, 0.05) is 17.4 Å². The molecule has 1 rings (SSSR count). The van der Waals surface area contributed by atoms with E-state index in [0.717, 1.165) is 0 Å². The summed E-state index contributed by atoms with van der Waals surface area (Å²) in [5.41, 5.74) is -1.04. The maximum absolute atomic E-state index is 13.4. The van der Waals surface area contributed by atoms with Crippen molar-refractivity contribution < 1.29 is 26.5 Å². The summed E-state index contributed by atoms with van der Waals surface area (Å²) < 4.78 is 77.5. The molecule has 0 aliphatic heterocycles. The first-order chi connectivity index (χ1) is 8.93. The van der Waals surface area contributed by atoms with Crippen LogP contribution in [0.1, 0.15) is 32.5 Å². The molecule has 0 saturated carbocycles. The van der Waals surface area contributed by atoms with E-state index < -0.39 is 45.7 Å². The zero-order valence-corrected chi connectivity index (χ0v) is 11.7. The van der Waals surface area contributed by atoms with Crippen LogP contribution in [0.15, 0.2) is 12.3 Å². The molecule has 1 N–H and O–H groups in total. The summed E-state index contributed by atoms with van der Waals surface area (Å²) in [6, 6.07) is -2.29. The van der Waals surface area contributed by atoms with Crippen molar-refractivity contribution in [2.75, 3.05) is 0 Å². The Morgan fingerprint density at radius 1 is 1.25 bits per heavy atom. The molecule has 20 heavy (non-hydrogen) atoms. The number of nitrogens with one attached hydrogen (secondary N) is 1. The van der Waals surface area contributed by atoms with E-state index in [-0.39, 0.29) is 0 Å². The van der Waals surface area contributed by atoms with Crippen LogP contribution >= 0.6 is 0 Å². The molecule has 0 aliphatic carbocycles. The third-order valence-corrected chi connectivity index (χ3v) is 3.78. The van der Waals surface area contributed by atoms with Gasteiger partial charge in [-0.2, -0.15) is 13.2 Å². The van der Waals surface area contributed by atoms with Gasteiger partial charge in [0.15, 0.2) is 6.04 Å². The molecule has 0 spiro atoms. The van der Waals surface area contributed by atoms with E-state index in [2.05, 4.69) is 4.98 Å². The first-order valence-electron chi connectivity index (χ1n) is 5.48. The Morgan fingerprint density at radius 2 is 1.80 bits per heavy atom. The van der Waals surface area contributed by atoms with Crippen LogP contribution in [0.25, 0.3) is 0 Å². The Morgan fingerprint density at radius 3 is 2.20 bits per heavy atom. The molecule has 0 aromatic carbocycles. The number of alkyl halides is 3. The lowest BCUT2D eigenvalue weighted by atomic mass is 10.2. The monoisotopic (exact) mass is 316 g/mol. The SMILES string of the molecule is CC(C)(C)[S+]([O-])NC(c1ncc(F)cc1F)C(F)(F)F. The summed E-state index contributed by atoms with van der Waals surface area (Å²) in [4.78, 5) is 3.11. The van der Waals surface area contributed by atoms with Crippen molar-refractivity contribution in [3.8, 4) is 0 Å². The van der Waals surface area contributed by atoms with E-state index in [9.17, 15) is 26.5 Å². The number of pyridine rings is 1. The van der Waals surface area contributed by atoms with Gasteiger partial charge in [0.05, 0.1) is 6.20 Å². The first kappa shape index (κ1) is 17.1. The number of rotatable bonds is 3. The van der Waals surface area contributed by atoms with Crippen LogP contribution < -0.4 is 4.72 Å². The summed E-state index contributed by atoms with van der Waals surface area (Å²) in [5, 5.41) is 0. The fourth-order valence-electron chi connectivity index (χ4n) is 1.20. The highest BCUT2D eigenvalue weighted by Gasteiger charge is 2.47. The highest BCUT2D eigenvalue weighted by Crippen LogP contribution is 2.34. The second-order valence-electron chi connectivity index (χ2n) is 4.99. The van der Waals surface area contributed by atoms with Crippen molar-refractivity contribution >= 4 is 11.4 Å². The molecule has 0 radical (unpaired) electrons. The molecule has 1 aromatic rings. The minimum absolute atomic E-state index is 0.294. The summed E-state index contributed by atoms with van der Waals surface area (Å²) in [6.45, 7) is 4.37. The second-order valence-corrected chi connectivity index (χ2v) is 6.99. The summed E-state index contributed by atoms with van der Waals surface area (Å²) in [7, 11) is 0. The zero-order chi connectivity index (χ0) is 15.7. The van der Waals surface area contributed by atoms with E-state index in [0.29, 0.717) is 12.3 Å². The Kier molecular flexibility index (Phi) is 4.99. The molecule has 0 bridgehead atoms. The lowest BCUT2D eigenvalue weighted by molar-refractivity contribution is -0.154. The van der Waals surface area contributed by atoms with Crippen LogP contribution in [-0.4, -0.2) is 20.5 Å². The molecule has 0 saturated heterocycles. The molecule has 2 unspecified atom stereocenters. The number of halogens is 5. The summed E-state index contributed by atoms with van der Waals surface area (Å²) >= 11 is -2.10. The predicted octanol–water partition coefficient (Wildman–Crippen LogP) is 3.02. The fourth-order valence-corrected chi connectivity index (χ4v) is 2.01. The second kappa shape index (κ2) is 5.82. The average Bonchev–Trinajstić information content (AvgIpc) is 2.23. The maximum atomic E-state index is 13.4. The van der Waals surface area contributed by atoms with Gasteiger partial charge >= 0.3 is 6.18 Å². The topological polar surface area (TPSA) is 48.0 Å². The Balaban J connectivity index is 3.14. The fraction of sp³-hybridized carbons (Fsp3) is 0.545. The van der Waals surface area contributed by atoms with Crippen LogP contribution in [0.3, 0.4) is 0 Å². The molecule has 1 heterocycles. The Labute approximate surface area is 115 Å². The van der Waals surface area contributed by atoms with Gasteiger partial charge in [-0.1, -0.05) is 0 Å². The molecule has 2 atom stereocenters. The van der Waals surface area contributed by atoms with Crippen LogP contribution in [-0.2, 0) is 11.4 Å². The van der Waals surface area contributed by atoms with Gasteiger partial charge < -0.3 is 4.55 Å². The summed E-state index contributed by atoms with van der Waals surface area (Å²) in [5.74, 6) is -2.55. The standard InChI is InChI=1S/C11H13F5N2OS/c1-10(2,3)20(19)18-9(11(14,15)16)8-7(13)4-6(12)5-17-8/h4-5,9,18H,1-3H3. The number of nitrogens with zero attached hydrogens (tertiary/aromatic N) is 1. The van der Waals surface area contributed by atoms with Crippen LogP contribution in [0.2, 0.25) is 0 Å². The minimum atomic E-state index is -4.92. The first-order valence-corrected chi connectivity index (χ1v) is 6.63. The van der Waals surface area contributed by atoms with Gasteiger partial charge in [0.2, 0.25) is 0 Å². The van der Waals surface area contributed by atoms with Gasteiger partial charge in [-0.05, 0) is 20.8 Å². The molecule has 9 heteroatoms. The lowest BCUT2D eigenvalue weighted by Gasteiger charge is -2.28. The van der Waals surface area contributed by atoms with Crippen molar-refractivity contribution in [3.63, 3.8) is 0 Å².